The first-order valence-electron chi connectivity index (χ1n) is 5.71. The molecule has 0 amide bonds. The van der Waals surface area contributed by atoms with Crippen molar-refractivity contribution in [2.45, 2.75) is 12.7 Å². The lowest BCUT2D eigenvalue weighted by atomic mass is 10.1. The number of hydrogen-bond donors (Lipinski definition) is 2. The van der Waals surface area contributed by atoms with E-state index in [0.29, 0.717) is 16.9 Å². The lowest BCUT2D eigenvalue weighted by molar-refractivity contribution is -0.137. The topological polar surface area (TPSA) is 38.0 Å². The predicted octanol–water partition coefficient (Wildman–Crippen LogP) is 3.90. The molecule has 3 N–H and O–H groups in total. The average molecular weight is 266 g/mol. The van der Waals surface area contributed by atoms with Gasteiger partial charge >= 0.3 is 6.18 Å². The summed E-state index contributed by atoms with van der Waals surface area (Å²) >= 11 is 0. The van der Waals surface area contributed by atoms with Gasteiger partial charge in [0.15, 0.2) is 0 Å². The average Bonchev–Trinajstić information content (AvgIpc) is 2.37. The number of benzene rings is 2. The maximum Gasteiger partial charge on any atom is 0.416 e. The van der Waals surface area contributed by atoms with Crippen molar-refractivity contribution in [3.8, 4) is 0 Å². The maximum absolute atomic E-state index is 12.6. The molecule has 2 rings (SSSR count). The second-order valence-corrected chi connectivity index (χ2v) is 4.14. The Balaban J connectivity index is 2.10. The van der Waals surface area contributed by atoms with Crippen LogP contribution in [-0.4, -0.2) is 0 Å². The number of halogens is 3. The van der Waals surface area contributed by atoms with E-state index in [-0.39, 0.29) is 6.54 Å². The van der Waals surface area contributed by atoms with Crippen molar-refractivity contribution in [1.29, 1.82) is 0 Å². The molecule has 0 saturated carbocycles. The molecule has 0 aromatic heterocycles. The van der Waals surface area contributed by atoms with Gasteiger partial charge in [0, 0.05) is 6.54 Å². The van der Waals surface area contributed by atoms with E-state index in [4.69, 9.17) is 5.73 Å². The van der Waals surface area contributed by atoms with E-state index >= 15 is 0 Å². The zero-order valence-electron chi connectivity index (χ0n) is 10.0. The van der Waals surface area contributed by atoms with Gasteiger partial charge in [0.25, 0.3) is 0 Å². The largest absolute Gasteiger partial charge is 0.416 e. The first kappa shape index (κ1) is 13.3. The normalized spacial score (nSPS) is 11.3. The van der Waals surface area contributed by atoms with Crippen molar-refractivity contribution >= 4 is 11.4 Å². The Hall–Kier alpha value is -2.17. The minimum atomic E-state index is -4.32. The van der Waals surface area contributed by atoms with Gasteiger partial charge in [0.1, 0.15) is 0 Å². The number of para-hydroxylation sites is 2. The van der Waals surface area contributed by atoms with Crippen LogP contribution in [0.4, 0.5) is 24.5 Å². The highest BCUT2D eigenvalue weighted by atomic mass is 19.4. The van der Waals surface area contributed by atoms with Crippen LogP contribution in [0.25, 0.3) is 0 Å². The molecule has 0 aliphatic carbocycles. The molecule has 0 atom stereocenters. The van der Waals surface area contributed by atoms with Gasteiger partial charge < -0.3 is 11.1 Å². The molecule has 0 heterocycles. The standard InChI is InChI=1S/C14H13F3N2/c15-14(16,17)11-5-3-4-10(8-11)9-19-13-7-2-1-6-12(13)18/h1-8,19H,9,18H2. The van der Waals surface area contributed by atoms with Crippen LogP contribution in [0.1, 0.15) is 11.1 Å². The van der Waals surface area contributed by atoms with Crippen LogP contribution in [0.5, 0.6) is 0 Å². The van der Waals surface area contributed by atoms with Crippen molar-refractivity contribution < 1.29 is 13.2 Å². The van der Waals surface area contributed by atoms with Crippen LogP contribution in [0.15, 0.2) is 48.5 Å². The lowest BCUT2D eigenvalue weighted by Crippen LogP contribution is -2.07. The molecule has 19 heavy (non-hydrogen) atoms. The van der Waals surface area contributed by atoms with E-state index < -0.39 is 11.7 Å². The quantitative estimate of drug-likeness (QED) is 0.827. The molecule has 2 nitrogen and oxygen atoms in total. The molecule has 0 bridgehead atoms. The van der Waals surface area contributed by atoms with Gasteiger partial charge in [-0.1, -0.05) is 24.3 Å². The number of anilines is 2. The van der Waals surface area contributed by atoms with E-state index in [9.17, 15) is 13.2 Å². The summed E-state index contributed by atoms with van der Waals surface area (Å²) in [6, 6.07) is 12.3. The molecular formula is C14H13F3N2. The first-order chi connectivity index (χ1) is 8.97. The summed E-state index contributed by atoms with van der Waals surface area (Å²) in [6.07, 6.45) is -4.32. The number of alkyl halides is 3. The maximum atomic E-state index is 12.6. The SMILES string of the molecule is Nc1ccccc1NCc1cccc(C(F)(F)F)c1. The Morgan fingerprint density at radius 2 is 1.74 bits per heavy atom. The van der Waals surface area contributed by atoms with E-state index in [1.807, 2.05) is 6.07 Å². The third kappa shape index (κ3) is 3.40. The number of rotatable bonds is 3. The van der Waals surface area contributed by atoms with Crippen molar-refractivity contribution in [1.82, 2.24) is 0 Å². The van der Waals surface area contributed by atoms with Crippen molar-refractivity contribution in [2.75, 3.05) is 11.1 Å². The molecule has 0 aliphatic heterocycles. The molecule has 100 valence electrons. The number of nitrogens with two attached hydrogens (primary N) is 1. The molecule has 5 heteroatoms. The number of hydrogen-bond acceptors (Lipinski definition) is 2. The monoisotopic (exact) mass is 266 g/mol. The highest BCUT2D eigenvalue weighted by Gasteiger charge is 2.30. The van der Waals surface area contributed by atoms with Crippen LogP contribution in [0, 0.1) is 0 Å². The van der Waals surface area contributed by atoms with Gasteiger partial charge in [-0.2, -0.15) is 13.2 Å². The van der Waals surface area contributed by atoms with E-state index in [1.165, 1.54) is 6.07 Å². The summed E-state index contributed by atoms with van der Waals surface area (Å²) in [5.41, 5.74) is 6.92. The van der Waals surface area contributed by atoms with Crippen LogP contribution in [0.2, 0.25) is 0 Å². The second-order valence-electron chi connectivity index (χ2n) is 4.14. The minimum Gasteiger partial charge on any atom is -0.397 e. The van der Waals surface area contributed by atoms with Gasteiger partial charge in [0.2, 0.25) is 0 Å². The molecule has 0 spiro atoms. The van der Waals surface area contributed by atoms with E-state index in [2.05, 4.69) is 5.32 Å². The van der Waals surface area contributed by atoms with Crippen molar-refractivity contribution in [2.24, 2.45) is 0 Å². The molecule has 0 fully saturated rings. The third-order valence-electron chi connectivity index (χ3n) is 2.70. The summed E-state index contributed by atoms with van der Waals surface area (Å²) in [7, 11) is 0. The number of nitrogens with one attached hydrogen (secondary N) is 1. The third-order valence-corrected chi connectivity index (χ3v) is 2.70. The first-order valence-corrected chi connectivity index (χ1v) is 5.71. The smallest absolute Gasteiger partial charge is 0.397 e. The van der Waals surface area contributed by atoms with Gasteiger partial charge in [0.05, 0.1) is 16.9 Å². The Kier molecular flexibility index (Phi) is 3.64. The van der Waals surface area contributed by atoms with Crippen LogP contribution in [-0.2, 0) is 12.7 Å². The van der Waals surface area contributed by atoms with Crippen molar-refractivity contribution in [3.63, 3.8) is 0 Å². The fourth-order valence-electron chi connectivity index (χ4n) is 1.71. The second kappa shape index (κ2) is 5.22. The molecule has 0 aliphatic rings. The fourth-order valence-corrected chi connectivity index (χ4v) is 1.71. The van der Waals surface area contributed by atoms with E-state index in [0.717, 1.165) is 12.1 Å². The van der Waals surface area contributed by atoms with Gasteiger partial charge in [-0.15, -0.1) is 0 Å². The summed E-state index contributed by atoms with van der Waals surface area (Å²) in [6.45, 7) is 0.290. The summed E-state index contributed by atoms with van der Waals surface area (Å²) < 4.78 is 37.7. The van der Waals surface area contributed by atoms with Crippen LogP contribution in [0.3, 0.4) is 0 Å². The van der Waals surface area contributed by atoms with Crippen LogP contribution >= 0.6 is 0 Å². The molecule has 2 aromatic rings. The minimum absolute atomic E-state index is 0.290. The van der Waals surface area contributed by atoms with Crippen LogP contribution < -0.4 is 11.1 Å². The Morgan fingerprint density at radius 3 is 2.42 bits per heavy atom. The molecule has 0 saturated heterocycles. The zero-order chi connectivity index (χ0) is 13.9. The molecular weight excluding hydrogens is 253 g/mol. The summed E-state index contributed by atoms with van der Waals surface area (Å²) in [5, 5.41) is 3.02. The Bertz CT molecular complexity index is 565. The molecule has 0 unspecified atom stereocenters. The fraction of sp³-hybridized carbons (Fsp3) is 0.143. The molecule has 0 radical (unpaired) electrons. The summed E-state index contributed by atoms with van der Waals surface area (Å²) in [4.78, 5) is 0. The van der Waals surface area contributed by atoms with Gasteiger partial charge in [-0.05, 0) is 29.8 Å². The lowest BCUT2D eigenvalue weighted by Gasteiger charge is -2.11. The number of nitrogen functional groups attached to an aromatic ring is 1. The Labute approximate surface area is 109 Å². The summed E-state index contributed by atoms with van der Waals surface area (Å²) in [5.74, 6) is 0. The van der Waals surface area contributed by atoms with E-state index in [1.54, 1.807) is 24.3 Å². The zero-order valence-corrected chi connectivity index (χ0v) is 10.0. The van der Waals surface area contributed by atoms with Gasteiger partial charge in [-0.25, -0.2) is 0 Å². The predicted molar refractivity (Wildman–Crippen MR) is 69.6 cm³/mol. The van der Waals surface area contributed by atoms with Gasteiger partial charge in [-0.3, -0.25) is 0 Å². The van der Waals surface area contributed by atoms with Crippen molar-refractivity contribution in [3.05, 3.63) is 59.7 Å². The molecule has 2 aromatic carbocycles. The highest BCUT2D eigenvalue weighted by Crippen LogP contribution is 2.29. The highest BCUT2D eigenvalue weighted by molar-refractivity contribution is 5.65. The Morgan fingerprint density at radius 1 is 1.00 bits per heavy atom.